The summed E-state index contributed by atoms with van der Waals surface area (Å²) in [5, 5.41) is 21.6. The zero-order valence-electron chi connectivity index (χ0n) is 12.2. The molecule has 1 rings (SSSR count). The molecule has 0 aromatic rings. The molecule has 1 aliphatic rings. The van der Waals surface area contributed by atoms with Crippen LogP contribution in [0, 0.1) is 0 Å². The van der Waals surface area contributed by atoms with Gasteiger partial charge in [0.05, 0.1) is 12.1 Å². The third kappa shape index (κ3) is 5.58. The van der Waals surface area contributed by atoms with Gasteiger partial charge in [0.1, 0.15) is 6.04 Å². The summed E-state index contributed by atoms with van der Waals surface area (Å²) in [6.45, 7) is 0.154. The molecule has 1 fully saturated rings. The van der Waals surface area contributed by atoms with E-state index in [9.17, 15) is 19.5 Å². The van der Waals surface area contributed by atoms with E-state index in [-0.39, 0.29) is 19.4 Å². The van der Waals surface area contributed by atoms with Crippen LogP contribution in [0.15, 0.2) is 0 Å². The predicted octanol–water partition coefficient (Wildman–Crippen LogP) is -0.348. The number of aliphatic hydroxyl groups is 1. The number of likely N-dealkylation sites (N-methyl/N-ethyl adjacent to an activating group) is 1. The molecule has 0 radical (unpaired) electrons. The van der Waals surface area contributed by atoms with E-state index in [0.717, 1.165) is 12.8 Å². The van der Waals surface area contributed by atoms with Gasteiger partial charge in [0.2, 0.25) is 5.91 Å². The Morgan fingerprint density at radius 1 is 1.33 bits per heavy atom. The fourth-order valence-electron chi connectivity index (χ4n) is 2.51. The van der Waals surface area contributed by atoms with Crippen LogP contribution in [-0.2, 0) is 9.59 Å². The van der Waals surface area contributed by atoms with E-state index in [1.54, 1.807) is 0 Å². The fraction of sp³-hybridized carbons (Fsp3) is 0.769. The number of aliphatic carboxylic acids is 1. The summed E-state index contributed by atoms with van der Waals surface area (Å²) >= 11 is 0. The van der Waals surface area contributed by atoms with Gasteiger partial charge in [-0.2, -0.15) is 0 Å². The lowest BCUT2D eigenvalue weighted by Gasteiger charge is -2.29. The normalized spacial score (nSPS) is 18.0. The van der Waals surface area contributed by atoms with E-state index in [1.165, 1.54) is 11.9 Å². The molecule has 0 aromatic carbocycles. The molecule has 8 nitrogen and oxygen atoms in total. The van der Waals surface area contributed by atoms with Crippen LogP contribution < -0.4 is 11.1 Å². The number of carboxylic acid groups (broad SMARTS) is 1. The minimum absolute atomic E-state index is 0.0610. The summed E-state index contributed by atoms with van der Waals surface area (Å²) in [5.74, 6) is -1.85. The number of nitrogens with zero attached hydrogens (tertiary/aromatic N) is 1. The van der Waals surface area contributed by atoms with Crippen LogP contribution in [0.5, 0.6) is 0 Å². The summed E-state index contributed by atoms with van der Waals surface area (Å²) in [5.41, 5.74) is 4.08. The maximum atomic E-state index is 12.0. The largest absolute Gasteiger partial charge is 0.480 e. The monoisotopic (exact) mass is 301 g/mol. The van der Waals surface area contributed by atoms with Crippen LogP contribution in [0.2, 0.25) is 0 Å². The molecule has 0 saturated heterocycles. The van der Waals surface area contributed by atoms with Crippen molar-refractivity contribution < 1.29 is 24.6 Å². The number of nitrogens with one attached hydrogen (secondary N) is 1. The summed E-state index contributed by atoms with van der Waals surface area (Å²) in [6.07, 6.45) is 2.92. The number of hydrogen-bond acceptors (Lipinski definition) is 4. The molecule has 1 saturated carbocycles. The molecule has 3 amide bonds. The first kappa shape index (κ1) is 17.2. The van der Waals surface area contributed by atoms with Crippen molar-refractivity contribution in [1.29, 1.82) is 0 Å². The topological polar surface area (TPSA) is 133 Å². The quantitative estimate of drug-likeness (QED) is 0.510. The highest BCUT2D eigenvalue weighted by Gasteiger charge is 2.34. The number of primary amides is 1. The van der Waals surface area contributed by atoms with Gasteiger partial charge in [-0.1, -0.05) is 12.8 Å². The first-order valence-corrected chi connectivity index (χ1v) is 6.99. The van der Waals surface area contributed by atoms with Crippen molar-refractivity contribution in [3.05, 3.63) is 0 Å². The number of nitrogens with two attached hydrogens (primary N) is 1. The molecular formula is C13H23N3O5. The molecule has 0 bridgehead atoms. The van der Waals surface area contributed by atoms with Gasteiger partial charge in [-0.25, -0.2) is 9.59 Å². The Hall–Kier alpha value is -1.83. The minimum atomic E-state index is -1.22. The van der Waals surface area contributed by atoms with Crippen LogP contribution in [0.25, 0.3) is 0 Å². The number of carbonyl (C=O) groups excluding carboxylic acids is 2. The molecule has 120 valence electrons. The van der Waals surface area contributed by atoms with Gasteiger partial charge in [0.15, 0.2) is 0 Å². The molecule has 0 spiro atoms. The lowest BCUT2D eigenvalue weighted by atomic mass is 10.0. The Labute approximate surface area is 123 Å². The second-order valence-electron chi connectivity index (χ2n) is 5.63. The van der Waals surface area contributed by atoms with Crippen molar-refractivity contribution in [2.24, 2.45) is 5.73 Å². The molecule has 0 aromatic heterocycles. The van der Waals surface area contributed by atoms with E-state index in [1.807, 2.05) is 0 Å². The molecule has 1 aliphatic carbocycles. The average molecular weight is 301 g/mol. The number of carbonyl (C=O) groups is 3. The first-order chi connectivity index (χ1) is 9.73. The van der Waals surface area contributed by atoms with Gasteiger partial charge in [-0.3, -0.25) is 4.79 Å². The van der Waals surface area contributed by atoms with Gasteiger partial charge in [0, 0.05) is 13.5 Å². The molecule has 8 heteroatoms. The highest BCUT2D eigenvalue weighted by molar-refractivity contribution is 5.83. The van der Waals surface area contributed by atoms with E-state index >= 15 is 0 Å². The Kier molecular flexibility index (Phi) is 5.95. The summed E-state index contributed by atoms with van der Waals surface area (Å²) in [6, 6.07) is -1.77. The van der Waals surface area contributed by atoms with E-state index in [2.05, 4.69) is 5.32 Å². The molecule has 21 heavy (non-hydrogen) atoms. The van der Waals surface area contributed by atoms with Crippen LogP contribution in [0.3, 0.4) is 0 Å². The zero-order valence-corrected chi connectivity index (χ0v) is 12.2. The van der Waals surface area contributed by atoms with E-state index < -0.39 is 29.6 Å². The standard InChI is InChI=1S/C13H23N3O5/c1-16(8-13(21)6-2-3-7-13)12(20)15-9(11(18)19)4-5-10(14)17/h9,21H,2-8H2,1H3,(H2,14,17)(H,15,20)(H,18,19)/t9-/m1/s1. The van der Waals surface area contributed by atoms with Gasteiger partial charge in [0.25, 0.3) is 0 Å². The Balaban J connectivity index is 2.51. The second-order valence-corrected chi connectivity index (χ2v) is 5.63. The van der Waals surface area contributed by atoms with Gasteiger partial charge in [-0.05, 0) is 19.3 Å². The van der Waals surface area contributed by atoms with E-state index in [0.29, 0.717) is 12.8 Å². The Morgan fingerprint density at radius 2 is 1.90 bits per heavy atom. The summed E-state index contributed by atoms with van der Waals surface area (Å²) in [4.78, 5) is 35.0. The molecule has 0 aliphatic heterocycles. The smallest absolute Gasteiger partial charge is 0.326 e. The van der Waals surface area contributed by atoms with Crippen molar-refractivity contribution >= 4 is 17.9 Å². The van der Waals surface area contributed by atoms with Crippen molar-refractivity contribution in [1.82, 2.24) is 10.2 Å². The summed E-state index contributed by atoms with van der Waals surface area (Å²) in [7, 11) is 1.50. The van der Waals surface area contributed by atoms with Gasteiger partial charge >= 0.3 is 12.0 Å². The number of carboxylic acids is 1. The SMILES string of the molecule is CN(CC1(O)CCCC1)C(=O)N[C@H](CCC(N)=O)C(=O)O. The van der Waals surface area contributed by atoms with Crippen molar-refractivity contribution in [3.63, 3.8) is 0 Å². The Morgan fingerprint density at radius 3 is 2.38 bits per heavy atom. The van der Waals surface area contributed by atoms with Gasteiger partial charge < -0.3 is 26.2 Å². The number of amides is 3. The highest BCUT2D eigenvalue weighted by Crippen LogP contribution is 2.29. The Bertz CT molecular complexity index is 407. The molecule has 1 atom stereocenters. The van der Waals surface area contributed by atoms with Crippen LogP contribution >= 0.6 is 0 Å². The van der Waals surface area contributed by atoms with Gasteiger partial charge in [-0.15, -0.1) is 0 Å². The zero-order chi connectivity index (χ0) is 16.0. The molecule has 0 heterocycles. The lowest BCUT2D eigenvalue weighted by Crippen LogP contribution is -2.50. The number of urea groups is 1. The second kappa shape index (κ2) is 7.26. The van der Waals surface area contributed by atoms with Crippen LogP contribution in [-0.4, -0.2) is 58.3 Å². The highest BCUT2D eigenvalue weighted by atomic mass is 16.4. The summed E-state index contributed by atoms with van der Waals surface area (Å²) < 4.78 is 0. The van der Waals surface area contributed by atoms with Crippen molar-refractivity contribution in [2.75, 3.05) is 13.6 Å². The van der Waals surface area contributed by atoms with E-state index in [4.69, 9.17) is 10.8 Å². The lowest BCUT2D eigenvalue weighted by molar-refractivity contribution is -0.139. The molecule has 0 unspecified atom stereocenters. The maximum absolute atomic E-state index is 12.0. The predicted molar refractivity (Wildman–Crippen MR) is 74.4 cm³/mol. The maximum Gasteiger partial charge on any atom is 0.326 e. The van der Waals surface area contributed by atoms with Crippen molar-refractivity contribution in [2.45, 2.75) is 50.2 Å². The number of hydrogen-bond donors (Lipinski definition) is 4. The number of rotatable bonds is 7. The van der Waals surface area contributed by atoms with Crippen LogP contribution in [0.1, 0.15) is 38.5 Å². The third-order valence-corrected chi connectivity index (χ3v) is 3.69. The third-order valence-electron chi connectivity index (χ3n) is 3.69. The first-order valence-electron chi connectivity index (χ1n) is 6.99. The average Bonchev–Trinajstić information content (AvgIpc) is 2.79. The van der Waals surface area contributed by atoms with Crippen molar-refractivity contribution in [3.8, 4) is 0 Å². The fourth-order valence-corrected chi connectivity index (χ4v) is 2.51. The molecular weight excluding hydrogens is 278 g/mol. The minimum Gasteiger partial charge on any atom is -0.480 e. The molecule has 5 N–H and O–H groups in total. The van der Waals surface area contributed by atoms with Crippen LogP contribution in [0.4, 0.5) is 4.79 Å².